The molecule has 2 heterocycles. The molecule has 2 aliphatic heterocycles. The maximum absolute atomic E-state index is 14.5. The first kappa shape index (κ1) is 31.9. The molecule has 0 N–H and O–H groups in total. The van der Waals surface area contributed by atoms with Crippen LogP contribution >= 0.6 is 11.6 Å². The third kappa shape index (κ3) is 5.85. The van der Waals surface area contributed by atoms with E-state index in [1.807, 2.05) is 0 Å². The Hall–Kier alpha value is -3.09. The normalized spacial score (nSPS) is 22.9. The summed E-state index contributed by atoms with van der Waals surface area (Å²) in [6.45, 7) is 0.0441. The number of fused-ring (bicyclic) bond motifs is 3. The average Bonchev–Trinajstić information content (AvgIpc) is 3.41. The van der Waals surface area contributed by atoms with Crippen molar-refractivity contribution in [1.82, 2.24) is 4.90 Å². The highest BCUT2D eigenvalue weighted by Gasteiger charge is 2.60. The summed E-state index contributed by atoms with van der Waals surface area (Å²) in [5, 5.41) is 0.00427. The van der Waals surface area contributed by atoms with Crippen molar-refractivity contribution < 1.29 is 39.5 Å². The van der Waals surface area contributed by atoms with Gasteiger partial charge in [-0.2, -0.15) is 0 Å². The number of hydrogen-bond acceptors (Lipinski definition) is 6. The fourth-order valence-corrected chi connectivity index (χ4v) is 11.2. The number of halogens is 4. The Morgan fingerprint density at radius 1 is 0.978 bits per heavy atom. The van der Waals surface area contributed by atoms with Crippen LogP contribution in [-0.4, -0.2) is 51.7 Å². The minimum atomic E-state index is -4.16. The Balaban J connectivity index is 1.33. The summed E-state index contributed by atoms with van der Waals surface area (Å²) >= 11 is 6.06. The van der Waals surface area contributed by atoms with Crippen LogP contribution in [0.25, 0.3) is 0 Å². The van der Waals surface area contributed by atoms with Crippen molar-refractivity contribution in [2.75, 3.05) is 18.1 Å². The van der Waals surface area contributed by atoms with Crippen LogP contribution in [0.3, 0.4) is 0 Å². The standard InChI is InChI=1S/C32H31ClF3NO6S2/c33-27-18-29(36)28(35)17-22(27)19-43-24-4-7-26-21(16-24)1-8-30-32(26,45(41,42)25-5-2-23(34)3-6-25)11-12-37(30)31(38)15-20-9-13-44(39,40)14-10-20/h2-7,16-18,20,30H,1,8-15,19H2/t30-,32-/m1/s1. The van der Waals surface area contributed by atoms with E-state index in [-0.39, 0.29) is 64.8 Å². The summed E-state index contributed by atoms with van der Waals surface area (Å²) in [7, 11) is -7.26. The zero-order chi connectivity index (χ0) is 32.1. The number of likely N-dealkylation sites (tertiary alicyclic amines) is 1. The van der Waals surface area contributed by atoms with E-state index in [1.54, 1.807) is 23.1 Å². The summed E-state index contributed by atoms with van der Waals surface area (Å²) in [4.78, 5) is 15.3. The smallest absolute Gasteiger partial charge is 0.223 e. The molecule has 6 rings (SSSR count). The van der Waals surface area contributed by atoms with Crippen molar-refractivity contribution in [3.05, 3.63) is 93.8 Å². The van der Waals surface area contributed by atoms with Gasteiger partial charge in [-0.25, -0.2) is 30.0 Å². The van der Waals surface area contributed by atoms with E-state index >= 15 is 0 Å². The highest BCUT2D eigenvalue weighted by Crippen LogP contribution is 2.53. The van der Waals surface area contributed by atoms with Crippen LogP contribution in [0.15, 0.2) is 59.5 Å². The fourth-order valence-electron chi connectivity index (χ4n) is 7.06. The molecule has 2 fully saturated rings. The van der Waals surface area contributed by atoms with E-state index in [0.29, 0.717) is 42.6 Å². The maximum atomic E-state index is 14.5. The second kappa shape index (κ2) is 11.9. The van der Waals surface area contributed by atoms with Gasteiger partial charge < -0.3 is 9.64 Å². The number of benzene rings is 3. The summed E-state index contributed by atoms with van der Waals surface area (Å²) in [6, 6.07) is 10.8. The minimum absolute atomic E-state index is 0.00427. The Labute approximate surface area is 265 Å². The van der Waals surface area contributed by atoms with Gasteiger partial charge in [-0.1, -0.05) is 17.7 Å². The molecule has 13 heteroatoms. The summed E-state index contributed by atoms with van der Waals surface area (Å²) < 4.78 is 98.3. The van der Waals surface area contributed by atoms with Gasteiger partial charge in [-0.05, 0) is 97.7 Å². The first-order chi connectivity index (χ1) is 21.3. The van der Waals surface area contributed by atoms with Crippen molar-refractivity contribution in [1.29, 1.82) is 0 Å². The molecule has 0 radical (unpaired) electrons. The number of aryl methyl sites for hydroxylation is 1. The van der Waals surface area contributed by atoms with Crippen molar-refractivity contribution >= 4 is 37.2 Å². The first-order valence-electron chi connectivity index (χ1n) is 14.7. The number of rotatable bonds is 7. The Kier molecular flexibility index (Phi) is 8.45. The van der Waals surface area contributed by atoms with E-state index in [2.05, 4.69) is 0 Å². The number of ether oxygens (including phenoxy) is 1. The van der Waals surface area contributed by atoms with Crippen LogP contribution in [0.5, 0.6) is 5.75 Å². The van der Waals surface area contributed by atoms with E-state index in [9.17, 15) is 34.8 Å². The van der Waals surface area contributed by atoms with Gasteiger partial charge in [0.25, 0.3) is 0 Å². The molecular formula is C32H31ClF3NO6S2. The quantitative estimate of drug-likeness (QED) is 0.232. The van der Waals surface area contributed by atoms with Crippen LogP contribution in [0.1, 0.15) is 48.8 Å². The molecule has 3 aromatic carbocycles. The lowest BCUT2D eigenvalue weighted by Gasteiger charge is -2.43. The molecule has 45 heavy (non-hydrogen) atoms. The van der Waals surface area contributed by atoms with Crippen molar-refractivity contribution in [2.45, 2.75) is 60.8 Å². The van der Waals surface area contributed by atoms with Crippen molar-refractivity contribution in [2.24, 2.45) is 5.92 Å². The van der Waals surface area contributed by atoms with Crippen molar-refractivity contribution in [3.8, 4) is 5.75 Å². The Bertz CT molecular complexity index is 1860. The lowest BCUT2D eigenvalue weighted by molar-refractivity contribution is -0.133. The third-order valence-electron chi connectivity index (χ3n) is 9.40. The molecule has 0 unspecified atom stereocenters. The molecular weight excluding hydrogens is 651 g/mol. The second-order valence-corrected chi connectivity index (χ2v) is 16.9. The van der Waals surface area contributed by atoms with Gasteiger partial charge >= 0.3 is 0 Å². The predicted molar refractivity (Wildman–Crippen MR) is 162 cm³/mol. The lowest BCUT2D eigenvalue weighted by atomic mass is 9.78. The number of hydrogen-bond donors (Lipinski definition) is 0. The molecule has 3 aromatic rings. The molecule has 1 aliphatic carbocycles. The molecule has 7 nitrogen and oxygen atoms in total. The van der Waals surface area contributed by atoms with Crippen molar-refractivity contribution in [3.63, 3.8) is 0 Å². The first-order valence-corrected chi connectivity index (χ1v) is 18.4. The van der Waals surface area contributed by atoms with E-state index < -0.39 is 47.9 Å². The molecule has 1 amide bonds. The van der Waals surface area contributed by atoms with Gasteiger partial charge in [0.2, 0.25) is 5.91 Å². The van der Waals surface area contributed by atoms with Gasteiger partial charge in [-0.3, -0.25) is 4.79 Å². The number of carbonyl (C=O) groups excluding carboxylic acids is 1. The van der Waals surface area contributed by atoms with E-state index in [1.165, 1.54) is 12.1 Å². The molecule has 0 saturated carbocycles. The molecule has 0 spiro atoms. The molecule has 3 aliphatic rings. The lowest BCUT2D eigenvalue weighted by Crippen LogP contribution is -2.52. The molecule has 240 valence electrons. The third-order valence-corrected chi connectivity index (χ3v) is 14.0. The van der Waals surface area contributed by atoms with Gasteiger partial charge in [0.1, 0.15) is 32.8 Å². The zero-order valence-electron chi connectivity index (χ0n) is 24.1. The van der Waals surface area contributed by atoms with E-state index in [0.717, 1.165) is 24.3 Å². The molecule has 0 bridgehead atoms. The van der Waals surface area contributed by atoms with Crippen LogP contribution in [0, 0.1) is 23.4 Å². The highest BCUT2D eigenvalue weighted by atomic mass is 35.5. The average molecular weight is 682 g/mol. The van der Waals surface area contributed by atoms with Gasteiger partial charge in [0.05, 0.1) is 27.5 Å². The number of nitrogens with zero attached hydrogens (tertiary/aromatic N) is 1. The molecule has 0 aromatic heterocycles. The van der Waals surface area contributed by atoms with Gasteiger partial charge in [-0.15, -0.1) is 0 Å². The van der Waals surface area contributed by atoms with E-state index in [4.69, 9.17) is 16.3 Å². The van der Waals surface area contributed by atoms with Crippen LogP contribution < -0.4 is 4.74 Å². The highest BCUT2D eigenvalue weighted by molar-refractivity contribution is 7.92. The largest absolute Gasteiger partial charge is 0.489 e. The maximum Gasteiger partial charge on any atom is 0.223 e. The van der Waals surface area contributed by atoms with Gasteiger partial charge in [0, 0.05) is 18.5 Å². The predicted octanol–water partition coefficient (Wildman–Crippen LogP) is 5.77. The van der Waals surface area contributed by atoms with Gasteiger partial charge in [0.15, 0.2) is 21.5 Å². The zero-order valence-corrected chi connectivity index (χ0v) is 26.5. The van der Waals surface area contributed by atoms with Crippen LogP contribution in [-0.2, 0) is 42.2 Å². The SMILES string of the molecule is O=C(CC1CCS(=O)(=O)CC1)N1CC[C@@]2(S(=O)(=O)c3ccc(F)cc3)c3ccc(OCc4cc(F)c(F)cc4Cl)cc3CC[C@@H]12. The summed E-state index contributed by atoms with van der Waals surface area (Å²) in [5.41, 5.74) is 1.47. The minimum Gasteiger partial charge on any atom is -0.489 e. The Morgan fingerprint density at radius 2 is 1.67 bits per heavy atom. The van der Waals surface area contributed by atoms with Crippen LogP contribution in [0.2, 0.25) is 5.02 Å². The molecule has 2 saturated heterocycles. The number of carbonyl (C=O) groups is 1. The topological polar surface area (TPSA) is 97.8 Å². The summed E-state index contributed by atoms with van der Waals surface area (Å²) in [5.74, 6) is -2.55. The number of sulfone groups is 2. The Morgan fingerprint density at radius 3 is 2.38 bits per heavy atom. The summed E-state index contributed by atoms with van der Waals surface area (Å²) in [6.07, 6.45) is 1.84. The second-order valence-electron chi connectivity index (χ2n) is 12.0. The monoisotopic (exact) mass is 681 g/mol. The van der Waals surface area contributed by atoms with Crippen LogP contribution in [0.4, 0.5) is 13.2 Å². The fraction of sp³-hybridized carbons (Fsp3) is 0.406. The molecule has 2 atom stereocenters. The number of amides is 1.